The number of alkyl halides is 3. The molecule has 0 bridgehead atoms. The van der Waals surface area contributed by atoms with Crippen molar-refractivity contribution in [1.29, 1.82) is 0 Å². The normalized spacial score (nSPS) is 11.4. The minimum Gasteiger partial charge on any atom is -0.368 e. The van der Waals surface area contributed by atoms with E-state index < -0.39 is 23.7 Å². The van der Waals surface area contributed by atoms with Crippen molar-refractivity contribution in [3.8, 4) is 0 Å². The second kappa shape index (κ2) is 6.40. The molecule has 0 saturated carbocycles. The molecule has 20 heavy (non-hydrogen) atoms. The van der Waals surface area contributed by atoms with Gasteiger partial charge in [0.1, 0.15) is 5.82 Å². The van der Waals surface area contributed by atoms with Gasteiger partial charge in [0.25, 0.3) is 0 Å². The first kappa shape index (κ1) is 16.0. The second-order valence-electron chi connectivity index (χ2n) is 4.21. The third-order valence-corrected chi connectivity index (χ3v) is 2.47. The van der Waals surface area contributed by atoms with Gasteiger partial charge >= 0.3 is 6.18 Å². The van der Waals surface area contributed by atoms with E-state index in [0.29, 0.717) is 13.0 Å². The van der Waals surface area contributed by atoms with Crippen LogP contribution in [0.4, 0.5) is 24.9 Å². The summed E-state index contributed by atoms with van der Waals surface area (Å²) in [6.45, 7) is 2.04. The highest BCUT2D eigenvalue weighted by molar-refractivity contribution is 5.79. The number of aromatic nitrogens is 2. The van der Waals surface area contributed by atoms with Gasteiger partial charge in [0.2, 0.25) is 11.9 Å². The van der Waals surface area contributed by atoms with E-state index >= 15 is 0 Å². The number of hydrogen-bond acceptors (Lipinski definition) is 5. The molecule has 1 aromatic heterocycles. The van der Waals surface area contributed by atoms with Crippen molar-refractivity contribution in [2.45, 2.75) is 25.9 Å². The quantitative estimate of drug-likeness (QED) is 0.819. The lowest BCUT2D eigenvalue weighted by Gasteiger charge is -2.22. The Bertz CT molecular complexity index is 478. The van der Waals surface area contributed by atoms with E-state index in [1.807, 2.05) is 6.92 Å². The topological polar surface area (TPSA) is 98.1 Å². The summed E-state index contributed by atoms with van der Waals surface area (Å²) in [7, 11) is 0. The Labute approximate surface area is 114 Å². The van der Waals surface area contributed by atoms with Crippen molar-refractivity contribution in [3.63, 3.8) is 0 Å². The first-order chi connectivity index (χ1) is 9.24. The van der Waals surface area contributed by atoms with E-state index in [-0.39, 0.29) is 12.4 Å². The number of halogens is 3. The van der Waals surface area contributed by atoms with Gasteiger partial charge in [0, 0.05) is 12.6 Å². The molecule has 0 spiro atoms. The Morgan fingerprint density at radius 1 is 1.40 bits per heavy atom. The first-order valence-electron chi connectivity index (χ1n) is 5.99. The summed E-state index contributed by atoms with van der Waals surface area (Å²) >= 11 is 0. The van der Waals surface area contributed by atoms with Crippen LogP contribution < -0.4 is 16.4 Å². The number of nitrogens with two attached hydrogens (primary N) is 2. The minimum atomic E-state index is -4.63. The third-order valence-electron chi connectivity index (χ3n) is 2.47. The number of hydrogen-bond donors (Lipinski definition) is 2. The van der Waals surface area contributed by atoms with Crippen molar-refractivity contribution >= 4 is 17.7 Å². The fraction of sp³-hybridized carbons (Fsp3) is 0.545. The third kappa shape index (κ3) is 4.56. The molecule has 0 radical (unpaired) electrons. The summed E-state index contributed by atoms with van der Waals surface area (Å²) in [5.74, 6) is -1.22. The van der Waals surface area contributed by atoms with E-state index in [2.05, 4.69) is 9.97 Å². The van der Waals surface area contributed by atoms with Crippen molar-refractivity contribution in [1.82, 2.24) is 9.97 Å². The van der Waals surface area contributed by atoms with Gasteiger partial charge in [-0.2, -0.15) is 18.2 Å². The minimum absolute atomic E-state index is 0.0583. The van der Waals surface area contributed by atoms with E-state index in [0.717, 1.165) is 12.5 Å². The van der Waals surface area contributed by atoms with Crippen molar-refractivity contribution in [2.24, 2.45) is 5.73 Å². The molecule has 1 heterocycles. The van der Waals surface area contributed by atoms with Crippen LogP contribution in [-0.2, 0) is 11.0 Å². The monoisotopic (exact) mass is 291 g/mol. The molecule has 0 unspecified atom stereocenters. The zero-order valence-corrected chi connectivity index (χ0v) is 10.9. The average Bonchev–Trinajstić information content (AvgIpc) is 2.32. The summed E-state index contributed by atoms with van der Waals surface area (Å²) in [6, 6.07) is 0.759. The zero-order valence-electron chi connectivity index (χ0n) is 10.9. The summed E-state index contributed by atoms with van der Waals surface area (Å²) < 4.78 is 38.0. The molecular formula is C11H16F3N5O. The van der Waals surface area contributed by atoms with E-state index in [1.165, 1.54) is 4.90 Å². The van der Waals surface area contributed by atoms with Crippen LogP contribution in [0.1, 0.15) is 25.5 Å². The van der Waals surface area contributed by atoms with Gasteiger partial charge in [-0.25, -0.2) is 4.98 Å². The molecule has 0 fully saturated rings. The van der Waals surface area contributed by atoms with Crippen molar-refractivity contribution in [3.05, 3.63) is 11.8 Å². The molecule has 0 atom stereocenters. The van der Waals surface area contributed by atoms with Crippen LogP contribution in [0.15, 0.2) is 6.07 Å². The smallest absolute Gasteiger partial charge is 0.368 e. The number of primary amides is 1. The molecule has 112 valence electrons. The van der Waals surface area contributed by atoms with Gasteiger partial charge in [-0.1, -0.05) is 13.3 Å². The van der Waals surface area contributed by atoms with Crippen LogP contribution in [-0.4, -0.2) is 29.0 Å². The van der Waals surface area contributed by atoms with Crippen LogP contribution in [0, 0.1) is 0 Å². The maximum atomic E-state index is 12.7. The lowest BCUT2D eigenvalue weighted by atomic mass is 10.3. The molecule has 0 aliphatic heterocycles. The van der Waals surface area contributed by atoms with Crippen LogP contribution in [0.3, 0.4) is 0 Å². The number of rotatable bonds is 6. The SMILES string of the molecule is CCCCN(CC(N)=O)c1cc(C(F)(F)F)nc(N)n1. The average molecular weight is 291 g/mol. The molecule has 9 heteroatoms. The summed E-state index contributed by atoms with van der Waals surface area (Å²) in [5, 5.41) is 0. The van der Waals surface area contributed by atoms with Crippen LogP contribution in [0.25, 0.3) is 0 Å². The van der Waals surface area contributed by atoms with Crippen molar-refractivity contribution < 1.29 is 18.0 Å². The Morgan fingerprint density at radius 2 is 2.05 bits per heavy atom. The van der Waals surface area contributed by atoms with Crippen LogP contribution >= 0.6 is 0 Å². The fourth-order valence-corrected chi connectivity index (χ4v) is 1.57. The highest BCUT2D eigenvalue weighted by Gasteiger charge is 2.34. The molecule has 1 amide bonds. The van der Waals surface area contributed by atoms with Gasteiger partial charge in [-0.15, -0.1) is 0 Å². The predicted octanol–water partition coefficient (Wildman–Crippen LogP) is 1.17. The number of carbonyl (C=O) groups excluding carboxylic acids is 1. The lowest BCUT2D eigenvalue weighted by molar-refractivity contribution is -0.141. The van der Waals surface area contributed by atoms with Gasteiger partial charge in [-0.3, -0.25) is 4.79 Å². The largest absolute Gasteiger partial charge is 0.433 e. The zero-order chi connectivity index (χ0) is 15.3. The number of nitrogen functional groups attached to an aromatic ring is 1. The molecule has 1 aromatic rings. The molecular weight excluding hydrogens is 275 g/mol. The standard InChI is InChI=1S/C11H16F3N5O/c1-2-3-4-19(6-8(15)20)9-5-7(11(12,13)14)17-10(16)18-9/h5H,2-4,6H2,1H3,(H2,15,20)(H2,16,17,18). The van der Waals surface area contributed by atoms with Crippen molar-refractivity contribution in [2.75, 3.05) is 23.7 Å². The van der Waals surface area contributed by atoms with Gasteiger partial charge in [-0.05, 0) is 6.42 Å². The van der Waals surface area contributed by atoms with Crippen LogP contribution in [0.2, 0.25) is 0 Å². The molecule has 6 nitrogen and oxygen atoms in total. The number of unbranched alkanes of at least 4 members (excludes halogenated alkanes) is 1. The lowest BCUT2D eigenvalue weighted by Crippen LogP contribution is -2.35. The Kier molecular flexibility index (Phi) is 5.12. The maximum Gasteiger partial charge on any atom is 0.433 e. The predicted molar refractivity (Wildman–Crippen MR) is 67.8 cm³/mol. The number of nitrogens with zero attached hydrogens (tertiary/aromatic N) is 3. The molecule has 0 aliphatic rings. The number of amides is 1. The number of carbonyl (C=O) groups is 1. The Hall–Kier alpha value is -2.06. The molecule has 4 N–H and O–H groups in total. The Morgan fingerprint density at radius 3 is 2.55 bits per heavy atom. The van der Waals surface area contributed by atoms with Gasteiger partial charge in [0.05, 0.1) is 6.54 Å². The summed E-state index contributed by atoms with van der Waals surface area (Å²) in [5.41, 5.74) is 9.23. The summed E-state index contributed by atoms with van der Waals surface area (Å²) in [6.07, 6.45) is -3.14. The molecule has 0 aliphatic carbocycles. The van der Waals surface area contributed by atoms with E-state index in [9.17, 15) is 18.0 Å². The highest BCUT2D eigenvalue weighted by atomic mass is 19.4. The second-order valence-corrected chi connectivity index (χ2v) is 4.21. The highest BCUT2D eigenvalue weighted by Crippen LogP contribution is 2.30. The molecule has 0 saturated heterocycles. The fourth-order valence-electron chi connectivity index (χ4n) is 1.57. The summed E-state index contributed by atoms with van der Waals surface area (Å²) in [4.78, 5) is 19.2. The van der Waals surface area contributed by atoms with Crippen LogP contribution in [0.5, 0.6) is 0 Å². The van der Waals surface area contributed by atoms with Gasteiger partial charge in [0.15, 0.2) is 5.69 Å². The Balaban J connectivity index is 3.11. The molecule has 0 aromatic carbocycles. The first-order valence-corrected chi connectivity index (χ1v) is 5.99. The maximum absolute atomic E-state index is 12.7. The van der Waals surface area contributed by atoms with Gasteiger partial charge < -0.3 is 16.4 Å². The van der Waals surface area contributed by atoms with E-state index in [4.69, 9.17) is 11.5 Å². The number of anilines is 2. The van der Waals surface area contributed by atoms with E-state index in [1.54, 1.807) is 0 Å². The molecule has 1 rings (SSSR count).